The topological polar surface area (TPSA) is 61.8 Å². The van der Waals surface area contributed by atoms with Crippen molar-refractivity contribution < 1.29 is 14.6 Å². The molecule has 1 amide bonds. The zero-order chi connectivity index (χ0) is 12.3. The summed E-state index contributed by atoms with van der Waals surface area (Å²) in [6.07, 6.45) is -0.152. The van der Waals surface area contributed by atoms with Crippen LogP contribution in [0.1, 0.15) is 27.2 Å². The van der Waals surface area contributed by atoms with Crippen LogP contribution in [0.5, 0.6) is 0 Å². The molecular formula is C11H22N2O3. The Bertz CT molecular complexity index is 250. The van der Waals surface area contributed by atoms with Crippen LogP contribution in [0.25, 0.3) is 0 Å². The van der Waals surface area contributed by atoms with Crippen molar-refractivity contribution in [3.63, 3.8) is 0 Å². The first-order chi connectivity index (χ1) is 7.31. The average Bonchev–Trinajstić information content (AvgIpc) is 2.14. The van der Waals surface area contributed by atoms with Crippen molar-refractivity contribution in [3.05, 3.63) is 0 Å². The Hall–Kier alpha value is -0.810. The number of piperidine rings is 1. The summed E-state index contributed by atoms with van der Waals surface area (Å²) < 4.78 is 5.27. The smallest absolute Gasteiger partial charge is 0.410 e. The summed E-state index contributed by atoms with van der Waals surface area (Å²) in [7, 11) is 1.83. The number of ether oxygens (including phenoxy) is 1. The predicted molar refractivity (Wildman–Crippen MR) is 61.3 cm³/mol. The highest BCUT2D eigenvalue weighted by molar-refractivity contribution is 5.68. The molecule has 5 heteroatoms. The first kappa shape index (κ1) is 13.3. The molecule has 0 aromatic carbocycles. The highest BCUT2D eigenvalue weighted by atomic mass is 16.6. The lowest BCUT2D eigenvalue weighted by molar-refractivity contribution is -0.00172. The fourth-order valence-electron chi connectivity index (χ4n) is 1.76. The zero-order valence-corrected chi connectivity index (χ0v) is 10.5. The molecule has 1 heterocycles. The van der Waals surface area contributed by atoms with E-state index in [1.807, 2.05) is 27.8 Å². The van der Waals surface area contributed by atoms with Gasteiger partial charge in [-0.15, -0.1) is 0 Å². The van der Waals surface area contributed by atoms with E-state index in [1.165, 1.54) is 0 Å². The Morgan fingerprint density at radius 1 is 1.44 bits per heavy atom. The van der Waals surface area contributed by atoms with Crippen molar-refractivity contribution in [2.75, 3.05) is 20.1 Å². The fraction of sp³-hybridized carbons (Fsp3) is 0.909. The van der Waals surface area contributed by atoms with Crippen molar-refractivity contribution in [1.29, 1.82) is 0 Å². The van der Waals surface area contributed by atoms with Crippen molar-refractivity contribution >= 4 is 6.09 Å². The van der Waals surface area contributed by atoms with E-state index in [9.17, 15) is 9.90 Å². The third kappa shape index (κ3) is 3.98. The molecule has 1 saturated heterocycles. The van der Waals surface area contributed by atoms with Crippen LogP contribution in [0, 0.1) is 0 Å². The number of aliphatic hydroxyl groups excluding tert-OH is 1. The number of β-amino-alcohol motifs (C(OH)–C–C–N with tert-alkyl or cyclic N) is 1. The Morgan fingerprint density at radius 3 is 2.56 bits per heavy atom. The summed E-state index contributed by atoms with van der Waals surface area (Å²) >= 11 is 0. The number of carbonyl (C=O) groups is 1. The van der Waals surface area contributed by atoms with E-state index in [0.717, 1.165) is 0 Å². The third-order valence-corrected chi connectivity index (χ3v) is 2.49. The van der Waals surface area contributed by atoms with Gasteiger partial charge in [0.15, 0.2) is 0 Å². The molecule has 1 fully saturated rings. The number of nitrogens with zero attached hydrogens (tertiary/aromatic N) is 1. The van der Waals surface area contributed by atoms with Crippen molar-refractivity contribution in [3.8, 4) is 0 Å². The molecular weight excluding hydrogens is 208 g/mol. The van der Waals surface area contributed by atoms with Gasteiger partial charge in [-0.2, -0.15) is 0 Å². The van der Waals surface area contributed by atoms with Crippen LogP contribution >= 0.6 is 0 Å². The maximum atomic E-state index is 11.8. The van der Waals surface area contributed by atoms with Gasteiger partial charge in [0.2, 0.25) is 0 Å². The Labute approximate surface area is 96.8 Å². The summed E-state index contributed by atoms with van der Waals surface area (Å²) in [5.74, 6) is 0. The first-order valence-corrected chi connectivity index (χ1v) is 5.65. The SMILES string of the molecule is CN[C@@H]1C[C@H](O)CN(C(=O)OC(C)(C)C)C1. The second-order valence-corrected chi connectivity index (χ2v) is 5.26. The minimum Gasteiger partial charge on any atom is -0.444 e. The summed E-state index contributed by atoms with van der Waals surface area (Å²) in [6.45, 7) is 6.44. The Balaban J connectivity index is 2.55. The summed E-state index contributed by atoms with van der Waals surface area (Å²) in [5, 5.41) is 12.7. The lowest BCUT2D eigenvalue weighted by Crippen LogP contribution is -2.53. The lowest BCUT2D eigenvalue weighted by Gasteiger charge is -2.36. The predicted octanol–water partition coefficient (Wildman–Crippen LogP) is 0.576. The van der Waals surface area contributed by atoms with Gasteiger partial charge < -0.3 is 20.1 Å². The quantitative estimate of drug-likeness (QED) is 0.691. The number of nitrogens with one attached hydrogen (secondary N) is 1. The van der Waals surface area contributed by atoms with Gasteiger partial charge in [0.25, 0.3) is 0 Å². The minimum absolute atomic E-state index is 0.135. The van der Waals surface area contributed by atoms with E-state index in [-0.39, 0.29) is 12.1 Å². The van der Waals surface area contributed by atoms with Gasteiger partial charge in [0.1, 0.15) is 5.60 Å². The monoisotopic (exact) mass is 230 g/mol. The number of hydrogen-bond acceptors (Lipinski definition) is 4. The number of rotatable bonds is 1. The van der Waals surface area contributed by atoms with Gasteiger partial charge in [-0.25, -0.2) is 4.79 Å². The number of likely N-dealkylation sites (tertiary alicyclic amines) is 1. The summed E-state index contributed by atoms with van der Waals surface area (Å²) in [6, 6.07) is 0.135. The van der Waals surface area contributed by atoms with Gasteiger partial charge in [-0.3, -0.25) is 0 Å². The van der Waals surface area contributed by atoms with Crippen molar-refractivity contribution in [2.45, 2.75) is 44.9 Å². The van der Waals surface area contributed by atoms with Crippen LogP contribution in [0.4, 0.5) is 4.79 Å². The molecule has 0 radical (unpaired) electrons. The zero-order valence-electron chi connectivity index (χ0n) is 10.5. The first-order valence-electron chi connectivity index (χ1n) is 5.65. The van der Waals surface area contributed by atoms with Gasteiger partial charge in [-0.1, -0.05) is 0 Å². The lowest BCUT2D eigenvalue weighted by atomic mass is 10.0. The van der Waals surface area contributed by atoms with Crippen LogP contribution < -0.4 is 5.32 Å². The van der Waals surface area contributed by atoms with Gasteiger partial charge in [0, 0.05) is 12.6 Å². The normalized spacial score (nSPS) is 26.7. The second-order valence-electron chi connectivity index (χ2n) is 5.26. The molecule has 1 aliphatic heterocycles. The van der Waals surface area contributed by atoms with Crippen LogP contribution in [-0.4, -0.2) is 54.0 Å². The Morgan fingerprint density at radius 2 is 2.06 bits per heavy atom. The highest BCUT2D eigenvalue weighted by Gasteiger charge is 2.30. The molecule has 5 nitrogen and oxygen atoms in total. The molecule has 1 rings (SSSR count). The number of hydrogen-bond donors (Lipinski definition) is 2. The van der Waals surface area contributed by atoms with Crippen LogP contribution in [0.3, 0.4) is 0 Å². The minimum atomic E-state index is -0.491. The number of amides is 1. The molecule has 0 unspecified atom stereocenters. The Kier molecular flexibility index (Phi) is 4.15. The molecule has 0 spiro atoms. The van der Waals surface area contributed by atoms with E-state index in [2.05, 4.69) is 5.32 Å². The van der Waals surface area contributed by atoms with Crippen molar-refractivity contribution in [1.82, 2.24) is 10.2 Å². The number of aliphatic hydroxyl groups is 1. The van der Waals surface area contributed by atoms with E-state index >= 15 is 0 Å². The summed E-state index contributed by atoms with van der Waals surface area (Å²) in [4.78, 5) is 13.3. The van der Waals surface area contributed by atoms with Crippen molar-refractivity contribution in [2.24, 2.45) is 0 Å². The fourth-order valence-corrected chi connectivity index (χ4v) is 1.76. The molecule has 0 aromatic rings. The summed E-state index contributed by atoms with van der Waals surface area (Å²) in [5.41, 5.74) is -0.491. The maximum Gasteiger partial charge on any atom is 0.410 e. The molecule has 94 valence electrons. The third-order valence-electron chi connectivity index (χ3n) is 2.49. The molecule has 0 saturated carbocycles. The van der Waals surface area contributed by atoms with Crippen LogP contribution in [0.2, 0.25) is 0 Å². The number of carbonyl (C=O) groups excluding carboxylic acids is 1. The molecule has 0 aliphatic carbocycles. The standard InChI is InChI=1S/C11H22N2O3/c1-11(2,3)16-10(15)13-6-8(12-4)5-9(14)7-13/h8-9,12,14H,5-7H2,1-4H3/t8-,9+/m1/s1. The molecule has 2 atom stereocenters. The van der Waals surface area contributed by atoms with E-state index in [0.29, 0.717) is 19.5 Å². The average molecular weight is 230 g/mol. The van der Waals surface area contributed by atoms with E-state index < -0.39 is 11.7 Å². The number of likely N-dealkylation sites (N-methyl/N-ethyl adjacent to an activating group) is 1. The molecule has 0 aromatic heterocycles. The second kappa shape index (κ2) is 5.01. The van der Waals surface area contributed by atoms with Crippen LogP contribution in [-0.2, 0) is 4.74 Å². The van der Waals surface area contributed by atoms with E-state index in [4.69, 9.17) is 4.74 Å². The molecule has 1 aliphatic rings. The molecule has 0 bridgehead atoms. The van der Waals surface area contributed by atoms with Gasteiger partial charge in [0.05, 0.1) is 12.6 Å². The van der Waals surface area contributed by atoms with E-state index in [1.54, 1.807) is 4.90 Å². The highest BCUT2D eigenvalue weighted by Crippen LogP contribution is 2.15. The van der Waals surface area contributed by atoms with Gasteiger partial charge >= 0.3 is 6.09 Å². The van der Waals surface area contributed by atoms with Gasteiger partial charge in [-0.05, 0) is 34.2 Å². The molecule has 16 heavy (non-hydrogen) atoms. The maximum absolute atomic E-state index is 11.8. The molecule has 2 N–H and O–H groups in total. The largest absolute Gasteiger partial charge is 0.444 e. The van der Waals surface area contributed by atoms with Crippen LogP contribution in [0.15, 0.2) is 0 Å².